The molecule has 11 heteroatoms. The monoisotopic (exact) mass is 520 g/mol. The average molecular weight is 520 g/mol. The Bertz CT molecular complexity index is 1600. The number of phenols is 2. The highest BCUT2D eigenvalue weighted by Gasteiger charge is 2.71. The minimum absolute atomic E-state index is 0.0316. The summed E-state index contributed by atoms with van der Waals surface area (Å²) in [5, 5.41) is 85.2. The molecule has 8 N–H and O–H groups in total. The predicted molar refractivity (Wildman–Crippen MR) is 127 cm³/mol. The van der Waals surface area contributed by atoms with E-state index in [9.17, 15) is 55.2 Å². The molecule has 0 radical (unpaired) electrons. The van der Waals surface area contributed by atoms with Gasteiger partial charge in [-0.05, 0) is 35.9 Å². The first-order valence-electron chi connectivity index (χ1n) is 11.3. The zero-order chi connectivity index (χ0) is 27.8. The van der Waals surface area contributed by atoms with Crippen molar-refractivity contribution < 1.29 is 55.2 Å². The topological polar surface area (TPSA) is 213 Å². The number of aromatic hydroxyl groups is 2. The van der Waals surface area contributed by atoms with Gasteiger partial charge in [0.25, 0.3) is 0 Å². The van der Waals surface area contributed by atoms with E-state index >= 15 is 0 Å². The second-order valence-electron chi connectivity index (χ2n) is 9.59. The summed E-state index contributed by atoms with van der Waals surface area (Å²) in [6.45, 7) is 0. The lowest BCUT2D eigenvalue weighted by molar-refractivity contribution is -0.200. The molecule has 0 bridgehead atoms. The highest BCUT2D eigenvalue weighted by atomic mass is 16.4. The fourth-order valence-electron chi connectivity index (χ4n) is 5.53. The maximum Gasteiger partial charge on any atom is 0.342 e. The molecule has 38 heavy (non-hydrogen) atoms. The molecule has 0 saturated heterocycles. The van der Waals surface area contributed by atoms with Gasteiger partial charge in [-0.15, -0.1) is 0 Å². The van der Waals surface area contributed by atoms with E-state index in [2.05, 4.69) is 11.8 Å². The van der Waals surface area contributed by atoms with Gasteiger partial charge in [0.1, 0.15) is 34.0 Å². The van der Waals surface area contributed by atoms with Crippen LogP contribution in [0.3, 0.4) is 0 Å². The summed E-state index contributed by atoms with van der Waals surface area (Å²) in [6, 6.07) is 8.58. The summed E-state index contributed by atoms with van der Waals surface area (Å²) < 4.78 is 0. The zero-order valence-corrected chi connectivity index (χ0v) is 19.4. The molecule has 0 unspecified atom stereocenters. The fraction of sp³-hybridized carbons (Fsp3) is 0.222. The Balaban J connectivity index is 1.72. The van der Waals surface area contributed by atoms with Gasteiger partial charge in [0.2, 0.25) is 11.4 Å². The van der Waals surface area contributed by atoms with Crippen LogP contribution < -0.4 is 0 Å². The molecule has 3 atom stereocenters. The smallest absolute Gasteiger partial charge is 0.342 e. The number of Topliss-reactive ketones (excluding diaryl/α,β-unsaturated/α-hetero) is 2. The third kappa shape index (κ3) is 3.25. The molecular formula is C27H20O11. The number of aliphatic hydroxyl groups is 5. The Morgan fingerprint density at radius 1 is 0.921 bits per heavy atom. The lowest BCUT2D eigenvalue weighted by atomic mass is 9.55. The molecular weight excluding hydrogens is 500 g/mol. The predicted octanol–water partition coefficient (Wildman–Crippen LogP) is 0.358. The maximum atomic E-state index is 13.6. The Hall–Kier alpha value is -4.63. The third-order valence-corrected chi connectivity index (χ3v) is 7.23. The first kappa shape index (κ1) is 25.0. The summed E-state index contributed by atoms with van der Waals surface area (Å²) in [4.78, 5) is 37.5. The second kappa shape index (κ2) is 7.93. The fourth-order valence-corrected chi connectivity index (χ4v) is 5.53. The van der Waals surface area contributed by atoms with Crippen LogP contribution in [0, 0.1) is 11.8 Å². The van der Waals surface area contributed by atoms with Gasteiger partial charge in [0.05, 0.1) is 11.1 Å². The van der Waals surface area contributed by atoms with E-state index in [-0.39, 0.29) is 22.4 Å². The van der Waals surface area contributed by atoms with Crippen molar-refractivity contribution in [2.24, 2.45) is 0 Å². The number of rotatable bonds is 1. The highest BCUT2D eigenvalue weighted by Crippen LogP contribution is 2.55. The van der Waals surface area contributed by atoms with Gasteiger partial charge >= 0.3 is 5.97 Å². The van der Waals surface area contributed by atoms with Crippen molar-refractivity contribution >= 4 is 23.3 Å². The summed E-state index contributed by atoms with van der Waals surface area (Å²) in [6.07, 6.45) is -2.60. The molecule has 1 saturated carbocycles. The third-order valence-electron chi connectivity index (χ3n) is 7.23. The first-order valence-corrected chi connectivity index (χ1v) is 11.3. The molecule has 0 aliphatic heterocycles. The lowest BCUT2D eigenvalue weighted by Gasteiger charge is -2.54. The van der Waals surface area contributed by atoms with Crippen LogP contribution >= 0.6 is 0 Å². The number of aliphatic carboxylic acids is 1. The number of carbonyl (C=O) groups excluding carboxylic acids is 2. The molecule has 0 heterocycles. The molecule has 0 amide bonds. The van der Waals surface area contributed by atoms with Crippen LogP contribution in [0.4, 0.5) is 0 Å². The number of hydrogen-bond acceptors (Lipinski definition) is 10. The summed E-state index contributed by atoms with van der Waals surface area (Å²) >= 11 is 0. The normalized spacial score (nSPS) is 28.2. The molecule has 0 aromatic heterocycles. The van der Waals surface area contributed by atoms with E-state index in [0.29, 0.717) is 5.56 Å². The van der Waals surface area contributed by atoms with Crippen LogP contribution in [0.2, 0.25) is 0 Å². The van der Waals surface area contributed by atoms with Crippen LogP contribution in [-0.2, 0) is 20.8 Å². The Kier molecular flexibility index (Phi) is 5.23. The van der Waals surface area contributed by atoms with E-state index in [1.54, 1.807) is 12.1 Å². The number of carboxylic acid groups (broad SMARTS) is 1. The van der Waals surface area contributed by atoms with Crippen molar-refractivity contribution in [3.05, 3.63) is 75.6 Å². The molecule has 0 spiro atoms. The van der Waals surface area contributed by atoms with Crippen LogP contribution in [0.25, 0.3) is 5.76 Å². The molecule has 2 aromatic rings. The number of phenolic OH excluding ortho intramolecular Hbond substituents is 2. The SMILES string of the molecule is O=C(O)C1=C(O)[C@]2(O)C(=O)C3=C(O)c4c(O)ccc(C#Cc5cccc(O)c5)c4C[C@]3(O)C[C@]2(O)CC1=O. The van der Waals surface area contributed by atoms with Crippen LogP contribution in [0.1, 0.15) is 35.1 Å². The summed E-state index contributed by atoms with van der Waals surface area (Å²) in [5.74, 6) is -2.38. The minimum Gasteiger partial charge on any atom is -0.508 e. The molecule has 1 fully saturated rings. The lowest BCUT2D eigenvalue weighted by Crippen LogP contribution is -2.72. The van der Waals surface area contributed by atoms with E-state index < -0.39 is 82.0 Å². The molecule has 2 aromatic carbocycles. The average Bonchev–Trinajstić information content (AvgIpc) is 2.80. The van der Waals surface area contributed by atoms with Crippen molar-refractivity contribution in [1.82, 2.24) is 0 Å². The zero-order valence-electron chi connectivity index (χ0n) is 19.4. The van der Waals surface area contributed by atoms with Gasteiger partial charge in [-0.2, -0.15) is 0 Å². The van der Waals surface area contributed by atoms with Gasteiger partial charge in [0, 0.05) is 30.4 Å². The number of benzene rings is 2. The minimum atomic E-state index is -3.37. The number of carboxylic acids is 1. The number of aliphatic hydroxyl groups excluding tert-OH is 2. The van der Waals surface area contributed by atoms with Crippen LogP contribution in [-0.4, -0.2) is 75.2 Å². The standard InChI is InChI=1S/C27H20O11/c28-14-3-1-2-12(8-14)4-5-13-6-7-16(29)18-15(13)9-25(36)11-26(37)10-17(30)19(24(34)35)22(32)27(26,38)23(33)20(25)21(18)31/h1-3,6-8,28-29,31-32,36-38H,9-11H2,(H,34,35)/t25-,26+,27-/m0/s1. The van der Waals surface area contributed by atoms with Gasteiger partial charge in [-0.1, -0.05) is 17.9 Å². The van der Waals surface area contributed by atoms with E-state index in [1.165, 1.54) is 24.3 Å². The molecule has 5 rings (SSSR count). The summed E-state index contributed by atoms with van der Waals surface area (Å²) in [5.41, 5.74) is -10.4. The van der Waals surface area contributed by atoms with E-state index in [1.807, 2.05) is 0 Å². The van der Waals surface area contributed by atoms with E-state index in [4.69, 9.17) is 0 Å². The number of ketones is 2. The molecule has 3 aliphatic rings. The molecule has 3 aliphatic carbocycles. The van der Waals surface area contributed by atoms with Crippen molar-refractivity contribution in [1.29, 1.82) is 0 Å². The molecule has 11 nitrogen and oxygen atoms in total. The maximum absolute atomic E-state index is 13.6. The van der Waals surface area contributed by atoms with Crippen molar-refractivity contribution in [3.8, 4) is 23.3 Å². The van der Waals surface area contributed by atoms with Crippen molar-refractivity contribution in [2.75, 3.05) is 0 Å². The Morgan fingerprint density at radius 3 is 2.29 bits per heavy atom. The van der Waals surface area contributed by atoms with Gasteiger partial charge in [-0.25, -0.2) is 4.79 Å². The Morgan fingerprint density at radius 2 is 1.63 bits per heavy atom. The molecule has 194 valence electrons. The number of fused-ring (bicyclic) bond motifs is 3. The van der Waals surface area contributed by atoms with Gasteiger partial charge in [-0.3, -0.25) is 9.59 Å². The quantitative estimate of drug-likeness (QED) is 0.190. The number of carbonyl (C=O) groups is 3. The highest BCUT2D eigenvalue weighted by molar-refractivity contribution is 6.22. The van der Waals surface area contributed by atoms with Crippen molar-refractivity contribution in [3.63, 3.8) is 0 Å². The van der Waals surface area contributed by atoms with Gasteiger partial charge in [0.15, 0.2) is 11.5 Å². The van der Waals surface area contributed by atoms with Crippen molar-refractivity contribution in [2.45, 2.75) is 36.1 Å². The second-order valence-corrected chi connectivity index (χ2v) is 9.59. The Labute approximate surface area is 213 Å². The van der Waals surface area contributed by atoms with E-state index in [0.717, 1.165) is 0 Å². The number of hydrogen-bond donors (Lipinski definition) is 8. The first-order chi connectivity index (χ1) is 17.7. The summed E-state index contributed by atoms with van der Waals surface area (Å²) in [7, 11) is 0. The van der Waals surface area contributed by atoms with Gasteiger partial charge < -0.3 is 40.9 Å². The van der Waals surface area contributed by atoms with Crippen LogP contribution in [0.15, 0.2) is 53.3 Å². The largest absolute Gasteiger partial charge is 0.508 e. The van der Waals surface area contributed by atoms with Crippen LogP contribution in [0.5, 0.6) is 11.5 Å².